The predicted molar refractivity (Wildman–Crippen MR) is 82.9 cm³/mol. The summed E-state index contributed by atoms with van der Waals surface area (Å²) in [6.45, 7) is 3.07. The fourth-order valence-corrected chi connectivity index (χ4v) is 1.96. The fraction of sp³-hybridized carbons (Fsp3) is 0.250. The van der Waals surface area contributed by atoms with Gasteiger partial charge >= 0.3 is 5.97 Å². The van der Waals surface area contributed by atoms with Crippen LogP contribution in [0.5, 0.6) is 0 Å². The Morgan fingerprint density at radius 3 is 2.55 bits per heavy atom. The van der Waals surface area contributed by atoms with Crippen LogP contribution in [0.3, 0.4) is 0 Å². The molecule has 0 saturated heterocycles. The predicted octanol–water partition coefficient (Wildman–Crippen LogP) is 3.44. The van der Waals surface area contributed by atoms with E-state index in [1.165, 1.54) is 19.9 Å². The standard InChI is InChI=1S/C16H16ClNO4/c1-16(2,15(20)21)9-18-14(19)13-8-7-12(22-13)10-5-3-4-6-11(10)17/h3-8H,9H2,1-2H3,(H,18,19)(H,20,21). The molecule has 0 spiro atoms. The highest BCUT2D eigenvalue weighted by Gasteiger charge is 2.28. The van der Waals surface area contributed by atoms with Crippen LogP contribution in [-0.2, 0) is 4.79 Å². The molecule has 0 aliphatic rings. The lowest BCUT2D eigenvalue weighted by atomic mass is 9.94. The molecule has 0 aliphatic heterocycles. The van der Waals surface area contributed by atoms with Gasteiger partial charge < -0.3 is 14.8 Å². The van der Waals surface area contributed by atoms with Crippen LogP contribution < -0.4 is 5.32 Å². The molecule has 116 valence electrons. The monoisotopic (exact) mass is 321 g/mol. The number of amides is 1. The van der Waals surface area contributed by atoms with E-state index in [1.807, 2.05) is 6.07 Å². The average molecular weight is 322 g/mol. The van der Waals surface area contributed by atoms with Gasteiger partial charge in [-0.15, -0.1) is 0 Å². The maximum atomic E-state index is 12.0. The van der Waals surface area contributed by atoms with Gasteiger partial charge in [0, 0.05) is 12.1 Å². The van der Waals surface area contributed by atoms with E-state index in [1.54, 1.807) is 24.3 Å². The van der Waals surface area contributed by atoms with Crippen LogP contribution in [-0.4, -0.2) is 23.5 Å². The number of carbonyl (C=O) groups is 2. The summed E-state index contributed by atoms with van der Waals surface area (Å²) in [4.78, 5) is 23.0. The number of carboxylic acid groups (broad SMARTS) is 1. The Balaban J connectivity index is 2.10. The molecule has 1 aromatic heterocycles. The Bertz CT molecular complexity index is 706. The number of rotatable bonds is 5. The second-order valence-electron chi connectivity index (χ2n) is 5.52. The van der Waals surface area contributed by atoms with Crippen molar-refractivity contribution in [2.75, 3.05) is 6.54 Å². The molecule has 22 heavy (non-hydrogen) atoms. The van der Waals surface area contributed by atoms with Crippen molar-refractivity contribution < 1.29 is 19.1 Å². The largest absolute Gasteiger partial charge is 0.481 e. The second-order valence-corrected chi connectivity index (χ2v) is 5.92. The van der Waals surface area contributed by atoms with E-state index >= 15 is 0 Å². The topological polar surface area (TPSA) is 79.5 Å². The highest BCUT2D eigenvalue weighted by molar-refractivity contribution is 6.33. The van der Waals surface area contributed by atoms with Gasteiger partial charge in [0.1, 0.15) is 5.76 Å². The van der Waals surface area contributed by atoms with E-state index in [-0.39, 0.29) is 12.3 Å². The lowest BCUT2D eigenvalue weighted by molar-refractivity contribution is -0.146. The Labute approximate surface area is 132 Å². The first-order chi connectivity index (χ1) is 10.3. The molecule has 0 unspecified atom stereocenters. The number of aliphatic carboxylic acids is 1. The lowest BCUT2D eigenvalue weighted by Crippen LogP contribution is -2.38. The van der Waals surface area contributed by atoms with Gasteiger partial charge in [0.15, 0.2) is 5.76 Å². The molecule has 1 heterocycles. The maximum Gasteiger partial charge on any atom is 0.310 e. The van der Waals surface area contributed by atoms with Crippen LogP contribution in [0.2, 0.25) is 5.02 Å². The second kappa shape index (κ2) is 6.23. The minimum absolute atomic E-state index is 0.00327. The summed E-state index contributed by atoms with van der Waals surface area (Å²) in [6, 6.07) is 10.3. The van der Waals surface area contributed by atoms with Crippen molar-refractivity contribution >= 4 is 23.5 Å². The number of carboxylic acids is 1. The number of hydrogen-bond donors (Lipinski definition) is 2. The van der Waals surface area contributed by atoms with E-state index in [0.717, 1.165) is 0 Å². The van der Waals surface area contributed by atoms with Crippen molar-refractivity contribution in [2.24, 2.45) is 5.41 Å². The molecular formula is C16H16ClNO4. The molecule has 0 radical (unpaired) electrons. The Kier molecular flexibility index (Phi) is 4.56. The number of halogens is 1. The highest BCUT2D eigenvalue weighted by atomic mass is 35.5. The quantitative estimate of drug-likeness (QED) is 0.884. The van der Waals surface area contributed by atoms with Gasteiger partial charge in [-0.2, -0.15) is 0 Å². The molecule has 2 aromatic rings. The smallest absolute Gasteiger partial charge is 0.310 e. The van der Waals surface area contributed by atoms with E-state index in [2.05, 4.69) is 5.32 Å². The van der Waals surface area contributed by atoms with E-state index in [9.17, 15) is 9.59 Å². The molecule has 5 nitrogen and oxygen atoms in total. The molecule has 0 aliphatic carbocycles. The Hall–Kier alpha value is -2.27. The van der Waals surface area contributed by atoms with Crippen molar-refractivity contribution in [3.63, 3.8) is 0 Å². The number of hydrogen-bond acceptors (Lipinski definition) is 3. The minimum Gasteiger partial charge on any atom is -0.481 e. The van der Waals surface area contributed by atoms with Crippen molar-refractivity contribution in [2.45, 2.75) is 13.8 Å². The molecule has 0 atom stereocenters. The van der Waals surface area contributed by atoms with Crippen molar-refractivity contribution in [1.29, 1.82) is 0 Å². The molecule has 2 rings (SSSR count). The molecule has 1 aromatic carbocycles. The van der Waals surface area contributed by atoms with Gasteiger partial charge in [0.05, 0.1) is 10.4 Å². The van der Waals surface area contributed by atoms with Gasteiger partial charge in [-0.05, 0) is 38.1 Å². The third-order valence-electron chi connectivity index (χ3n) is 3.24. The minimum atomic E-state index is -1.05. The zero-order valence-corrected chi connectivity index (χ0v) is 13.0. The third kappa shape index (κ3) is 3.49. The van der Waals surface area contributed by atoms with Crippen LogP contribution in [0.1, 0.15) is 24.4 Å². The summed E-state index contributed by atoms with van der Waals surface area (Å²) in [6.07, 6.45) is 0. The zero-order chi connectivity index (χ0) is 16.3. The molecule has 2 N–H and O–H groups in total. The molecule has 1 amide bonds. The summed E-state index contributed by atoms with van der Waals surface area (Å²) < 4.78 is 5.49. The van der Waals surface area contributed by atoms with Crippen molar-refractivity contribution in [1.82, 2.24) is 5.32 Å². The summed E-state index contributed by atoms with van der Waals surface area (Å²) in [5, 5.41) is 12.1. The van der Waals surface area contributed by atoms with Gasteiger partial charge in [0.2, 0.25) is 0 Å². The Morgan fingerprint density at radius 2 is 1.91 bits per heavy atom. The van der Waals surface area contributed by atoms with E-state index < -0.39 is 17.3 Å². The van der Waals surface area contributed by atoms with Crippen LogP contribution in [0.25, 0.3) is 11.3 Å². The molecule has 6 heteroatoms. The SMILES string of the molecule is CC(C)(CNC(=O)c1ccc(-c2ccccc2Cl)o1)C(=O)O. The zero-order valence-electron chi connectivity index (χ0n) is 12.2. The highest BCUT2D eigenvalue weighted by Crippen LogP contribution is 2.29. The summed E-state index contributed by atoms with van der Waals surface area (Å²) in [5.41, 5.74) is -0.359. The van der Waals surface area contributed by atoms with E-state index in [4.69, 9.17) is 21.1 Å². The number of furan rings is 1. The number of nitrogens with one attached hydrogen (secondary N) is 1. The van der Waals surface area contributed by atoms with Crippen molar-refractivity contribution in [3.8, 4) is 11.3 Å². The first-order valence-corrected chi connectivity index (χ1v) is 7.05. The van der Waals surface area contributed by atoms with Gasteiger partial charge in [0.25, 0.3) is 5.91 Å². The first kappa shape index (κ1) is 16.1. The van der Waals surface area contributed by atoms with Crippen LogP contribution in [0.4, 0.5) is 0 Å². The lowest BCUT2D eigenvalue weighted by Gasteiger charge is -2.18. The molecular weight excluding hydrogens is 306 g/mol. The van der Waals surface area contributed by atoms with E-state index in [0.29, 0.717) is 16.3 Å². The molecule has 0 saturated carbocycles. The normalized spacial score (nSPS) is 11.2. The first-order valence-electron chi connectivity index (χ1n) is 6.67. The Morgan fingerprint density at radius 1 is 1.23 bits per heavy atom. The summed E-state index contributed by atoms with van der Waals surface area (Å²) in [5.74, 6) is -0.860. The maximum absolute atomic E-state index is 12.0. The van der Waals surface area contributed by atoms with Gasteiger partial charge in [-0.25, -0.2) is 0 Å². The average Bonchev–Trinajstić information content (AvgIpc) is 2.95. The fourth-order valence-electron chi connectivity index (χ4n) is 1.73. The van der Waals surface area contributed by atoms with Crippen LogP contribution in [0.15, 0.2) is 40.8 Å². The summed E-state index contributed by atoms with van der Waals surface area (Å²) >= 11 is 6.08. The van der Waals surface area contributed by atoms with Gasteiger partial charge in [-0.3, -0.25) is 9.59 Å². The van der Waals surface area contributed by atoms with Gasteiger partial charge in [-0.1, -0.05) is 23.7 Å². The third-order valence-corrected chi connectivity index (χ3v) is 3.57. The molecule has 0 fully saturated rings. The number of carbonyl (C=O) groups excluding carboxylic acids is 1. The number of benzene rings is 1. The van der Waals surface area contributed by atoms with Crippen LogP contribution in [0, 0.1) is 5.41 Å². The van der Waals surface area contributed by atoms with Crippen LogP contribution >= 0.6 is 11.6 Å². The molecule has 0 bridgehead atoms. The van der Waals surface area contributed by atoms with Crippen molar-refractivity contribution in [3.05, 3.63) is 47.2 Å². The summed E-state index contributed by atoms with van der Waals surface area (Å²) in [7, 11) is 0.